The van der Waals surface area contributed by atoms with Crippen LogP contribution < -0.4 is 0 Å². The van der Waals surface area contributed by atoms with Gasteiger partial charge >= 0.3 is 0 Å². The van der Waals surface area contributed by atoms with E-state index in [2.05, 4.69) is 0 Å². The Hall–Kier alpha value is 0.537. The van der Waals surface area contributed by atoms with E-state index in [4.69, 9.17) is 23.2 Å². The zero-order valence-corrected chi connectivity index (χ0v) is 7.92. The fourth-order valence-electron chi connectivity index (χ4n) is 0.126. The molecule has 7 heavy (non-hydrogen) atoms. The van der Waals surface area contributed by atoms with Crippen molar-refractivity contribution in [2.75, 3.05) is 0 Å². The molecule has 0 rings (SSSR count). The number of halogens is 2. The van der Waals surface area contributed by atoms with E-state index in [1.165, 1.54) is 5.54 Å². The van der Waals surface area contributed by atoms with Gasteiger partial charge in [0.2, 0.25) is 0 Å². The SMILES string of the molecule is CC([SiH3])C(Cl)=CCl. The number of hydrogen-bond acceptors (Lipinski definition) is 0. The summed E-state index contributed by atoms with van der Waals surface area (Å²) in [6.07, 6.45) is 0. The van der Waals surface area contributed by atoms with Gasteiger partial charge in [-0.15, -0.1) is 0 Å². The zero-order chi connectivity index (χ0) is 5.86. The Morgan fingerprint density at radius 1 is 1.86 bits per heavy atom. The molecule has 0 spiro atoms. The summed E-state index contributed by atoms with van der Waals surface area (Å²) in [5, 5.41) is 0.772. The predicted molar refractivity (Wildman–Crippen MR) is 39.2 cm³/mol. The maximum Gasteiger partial charge on any atom is 0.0285 e. The molecule has 0 aromatic heterocycles. The van der Waals surface area contributed by atoms with Gasteiger partial charge in [0, 0.05) is 20.8 Å². The molecule has 42 valence electrons. The Bertz CT molecular complexity index is 77.8. The molecule has 1 atom stereocenters. The van der Waals surface area contributed by atoms with Crippen LogP contribution in [-0.4, -0.2) is 10.2 Å². The molecule has 0 aliphatic heterocycles. The first-order valence-corrected chi connectivity index (χ1v) is 4.11. The lowest BCUT2D eigenvalue weighted by molar-refractivity contribution is 1.18. The summed E-state index contributed by atoms with van der Waals surface area (Å²) in [6, 6.07) is 0. The van der Waals surface area contributed by atoms with Gasteiger partial charge in [0.15, 0.2) is 0 Å². The van der Waals surface area contributed by atoms with Crippen LogP contribution in [0.2, 0.25) is 5.54 Å². The molecule has 0 radical (unpaired) electrons. The molecular formula is C4H8Cl2Si. The van der Waals surface area contributed by atoms with Gasteiger partial charge in [0.1, 0.15) is 0 Å². The van der Waals surface area contributed by atoms with Gasteiger partial charge in [-0.1, -0.05) is 30.1 Å². The molecule has 0 aromatic carbocycles. The van der Waals surface area contributed by atoms with Crippen molar-refractivity contribution in [2.24, 2.45) is 0 Å². The first-order valence-electron chi connectivity index (χ1n) is 2.14. The zero-order valence-electron chi connectivity index (χ0n) is 4.41. The monoisotopic (exact) mass is 154 g/mol. The van der Waals surface area contributed by atoms with Crippen molar-refractivity contribution >= 4 is 33.4 Å². The van der Waals surface area contributed by atoms with Crippen LogP contribution in [0, 0.1) is 0 Å². The highest BCUT2D eigenvalue weighted by atomic mass is 35.5. The smallest absolute Gasteiger partial charge is 0.0285 e. The van der Waals surface area contributed by atoms with Crippen LogP contribution in [0.4, 0.5) is 0 Å². The number of hydrogen-bond donors (Lipinski definition) is 0. The van der Waals surface area contributed by atoms with Crippen molar-refractivity contribution in [3.05, 3.63) is 10.6 Å². The largest absolute Gasteiger partial charge is 0.0917 e. The van der Waals surface area contributed by atoms with Crippen molar-refractivity contribution in [3.63, 3.8) is 0 Å². The van der Waals surface area contributed by atoms with E-state index in [0.717, 1.165) is 15.3 Å². The molecule has 0 N–H and O–H groups in total. The van der Waals surface area contributed by atoms with Crippen molar-refractivity contribution < 1.29 is 0 Å². The molecule has 0 aromatic rings. The molecule has 0 saturated heterocycles. The minimum absolute atomic E-state index is 0.499. The van der Waals surface area contributed by atoms with Gasteiger partial charge in [0.25, 0.3) is 0 Å². The van der Waals surface area contributed by atoms with Crippen LogP contribution in [0.15, 0.2) is 10.6 Å². The highest BCUT2D eigenvalue weighted by Crippen LogP contribution is 2.16. The fraction of sp³-hybridized carbons (Fsp3) is 0.500. The molecular weight excluding hydrogens is 147 g/mol. The average Bonchev–Trinajstić information content (AvgIpc) is 1.65. The molecule has 3 heteroatoms. The Labute approximate surface area is 56.9 Å². The lowest BCUT2D eigenvalue weighted by Gasteiger charge is -1.96. The third kappa shape index (κ3) is 3.15. The highest BCUT2D eigenvalue weighted by molar-refractivity contribution is 6.39. The van der Waals surface area contributed by atoms with Crippen LogP contribution in [-0.2, 0) is 0 Å². The molecule has 0 bridgehead atoms. The Morgan fingerprint density at radius 2 is 2.29 bits per heavy atom. The Morgan fingerprint density at radius 3 is 2.29 bits per heavy atom. The van der Waals surface area contributed by atoms with Gasteiger partial charge in [0.05, 0.1) is 0 Å². The fourth-order valence-corrected chi connectivity index (χ4v) is 0.756. The standard InChI is InChI=1S/C4H8Cl2Si/c1-3(7)4(6)2-5/h2-3H,1,7H3. The van der Waals surface area contributed by atoms with E-state index >= 15 is 0 Å². The van der Waals surface area contributed by atoms with Crippen LogP contribution in [0.3, 0.4) is 0 Å². The summed E-state index contributed by atoms with van der Waals surface area (Å²) in [7, 11) is 1.08. The minimum Gasteiger partial charge on any atom is -0.0917 e. The van der Waals surface area contributed by atoms with Crippen molar-refractivity contribution in [2.45, 2.75) is 12.5 Å². The van der Waals surface area contributed by atoms with Crippen LogP contribution in [0.25, 0.3) is 0 Å². The van der Waals surface area contributed by atoms with E-state index < -0.39 is 0 Å². The van der Waals surface area contributed by atoms with Crippen LogP contribution in [0.1, 0.15) is 6.92 Å². The molecule has 0 amide bonds. The maximum absolute atomic E-state index is 5.56. The molecule has 0 nitrogen and oxygen atoms in total. The Kier molecular flexibility index (Phi) is 3.80. The highest BCUT2D eigenvalue weighted by Gasteiger charge is 1.94. The molecule has 1 unspecified atom stereocenters. The Balaban J connectivity index is 3.56. The lowest BCUT2D eigenvalue weighted by atomic mass is 10.5. The van der Waals surface area contributed by atoms with Gasteiger partial charge in [-0.05, 0) is 5.54 Å². The second-order valence-corrected chi connectivity index (χ2v) is 4.04. The minimum atomic E-state index is 0.499. The third-order valence-corrected chi connectivity index (χ3v) is 2.54. The second-order valence-electron chi connectivity index (χ2n) is 1.65. The third-order valence-electron chi connectivity index (χ3n) is 0.656. The first-order chi connectivity index (χ1) is 3.18. The van der Waals surface area contributed by atoms with Gasteiger partial charge < -0.3 is 0 Å². The maximum atomic E-state index is 5.56. The van der Waals surface area contributed by atoms with E-state index in [1.807, 2.05) is 6.92 Å². The van der Waals surface area contributed by atoms with Crippen molar-refractivity contribution in [1.29, 1.82) is 0 Å². The predicted octanol–water partition coefficient (Wildman–Crippen LogP) is 1.48. The quantitative estimate of drug-likeness (QED) is 0.503. The topological polar surface area (TPSA) is 0 Å². The van der Waals surface area contributed by atoms with E-state index in [0.29, 0.717) is 5.54 Å². The molecule has 0 saturated carbocycles. The summed E-state index contributed by atoms with van der Waals surface area (Å²) in [5.41, 5.74) is 1.93. The summed E-state index contributed by atoms with van der Waals surface area (Å²) < 4.78 is 0. The van der Waals surface area contributed by atoms with Crippen LogP contribution in [0.5, 0.6) is 0 Å². The van der Waals surface area contributed by atoms with Gasteiger partial charge in [-0.25, -0.2) is 0 Å². The van der Waals surface area contributed by atoms with E-state index in [9.17, 15) is 0 Å². The molecule has 0 aliphatic rings. The number of allylic oxidation sites excluding steroid dienone is 1. The summed E-state index contributed by atoms with van der Waals surface area (Å²) in [5.74, 6) is 0. The van der Waals surface area contributed by atoms with E-state index in [1.54, 1.807) is 0 Å². The normalized spacial score (nSPS) is 17.3. The van der Waals surface area contributed by atoms with Crippen molar-refractivity contribution in [3.8, 4) is 0 Å². The van der Waals surface area contributed by atoms with Crippen molar-refractivity contribution in [1.82, 2.24) is 0 Å². The molecule has 0 heterocycles. The first kappa shape index (κ1) is 7.54. The molecule has 0 aliphatic carbocycles. The summed E-state index contributed by atoms with van der Waals surface area (Å²) >= 11 is 10.8. The van der Waals surface area contributed by atoms with Gasteiger partial charge in [-0.3, -0.25) is 0 Å². The second kappa shape index (κ2) is 3.53. The summed E-state index contributed by atoms with van der Waals surface area (Å²) in [6.45, 7) is 2.05. The lowest BCUT2D eigenvalue weighted by Crippen LogP contribution is -1.80. The average molecular weight is 155 g/mol. The summed E-state index contributed by atoms with van der Waals surface area (Å²) in [4.78, 5) is 0. The van der Waals surface area contributed by atoms with Crippen LogP contribution >= 0.6 is 23.2 Å². The molecule has 0 fully saturated rings. The number of rotatable bonds is 1. The van der Waals surface area contributed by atoms with Gasteiger partial charge in [-0.2, -0.15) is 0 Å². The van der Waals surface area contributed by atoms with E-state index in [-0.39, 0.29) is 0 Å².